The lowest BCUT2D eigenvalue weighted by Crippen LogP contribution is -2.42. The number of hydrogen-bond acceptors (Lipinski definition) is 4. The molecule has 0 atom stereocenters. The number of halogens is 1. The second-order valence-corrected chi connectivity index (χ2v) is 6.92. The van der Waals surface area contributed by atoms with Gasteiger partial charge < -0.3 is 5.32 Å². The monoisotopic (exact) mass is 353 g/mol. The van der Waals surface area contributed by atoms with Gasteiger partial charge in [0.25, 0.3) is 0 Å². The van der Waals surface area contributed by atoms with Crippen molar-refractivity contribution in [2.24, 2.45) is 0 Å². The van der Waals surface area contributed by atoms with Gasteiger partial charge in [-0.1, -0.05) is 54.1 Å². The third-order valence-electron chi connectivity index (χ3n) is 4.99. The summed E-state index contributed by atoms with van der Waals surface area (Å²) in [4.78, 5) is 0. The molecule has 128 valence electrons. The molecule has 2 aromatic carbocycles. The molecule has 0 aliphatic carbocycles. The predicted molar refractivity (Wildman–Crippen MR) is 97.7 cm³/mol. The predicted octanol–water partition coefficient (Wildman–Crippen LogP) is 3.04. The van der Waals surface area contributed by atoms with Crippen LogP contribution in [0.3, 0.4) is 0 Å². The molecule has 1 aliphatic heterocycles. The number of hydrogen-bond donors (Lipinski definition) is 1. The number of benzene rings is 2. The van der Waals surface area contributed by atoms with Gasteiger partial charge in [-0.2, -0.15) is 0 Å². The van der Waals surface area contributed by atoms with Gasteiger partial charge in [0, 0.05) is 5.02 Å². The van der Waals surface area contributed by atoms with E-state index in [1.54, 1.807) is 0 Å². The zero-order valence-corrected chi connectivity index (χ0v) is 14.7. The first kappa shape index (κ1) is 16.2. The Bertz CT molecular complexity index is 823. The lowest BCUT2D eigenvalue weighted by atomic mass is 9.72. The van der Waals surface area contributed by atoms with E-state index in [-0.39, 0.29) is 5.41 Å². The largest absolute Gasteiger partial charge is 0.317 e. The van der Waals surface area contributed by atoms with Crippen molar-refractivity contribution in [3.05, 3.63) is 76.6 Å². The SMILES string of the molecule is Clc1ccc(Cn2nnnc2C2(c3ccccc3)CCNCC2)cc1. The van der Waals surface area contributed by atoms with Gasteiger partial charge in [-0.15, -0.1) is 5.10 Å². The van der Waals surface area contributed by atoms with Crippen LogP contribution in [0.15, 0.2) is 54.6 Å². The Hall–Kier alpha value is -2.24. The molecule has 1 N–H and O–H groups in total. The van der Waals surface area contributed by atoms with E-state index >= 15 is 0 Å². The van der Waals surface area contributed by atoms with Crippen LogP contribution in [0.25, 0.3) is 0 Å². The maximum atomic E-state index is 5.99. The maximum Gasteiger partial charge on any atom is 0.162 e. The molecule has 1 aliphatic rings. The number of tetrazole rings is 1. The second-order valence-electron chi connectivity index (χ2n) is 6.48. The van der Waals surface area contributed by atoms with E-state index in [9.17, 15) is 0 Å². The van der Waals surface area contributed by atoms with Crippen molar-refractivity contribution in [2.75, 3.05) is 13.1 Å². The Morgan fingerprint density at radius 1 is 1.00 bits per heavy atom. The highest BCUT2D eigenvalue weighted by atomic mass is 35.5. The van der Waals surface area contributed by atoms with Gasteiger partial charge in [0.05, 0.1) is 12.0 Å². The molecule has 0 amide bonds. The minimum absolute atomic E-state index is 0.150. The van der Waals surface area contributed by atoms with Crippen molar-refractivity contribution in [3.8, 4) is 0 Å². The number of aromatic nitrogens is 4. The van der Waals surface area contributed by atoms with E-state index in [0.29, 0.717) is 6.54 Å². The summed E-state index contributed by atoms with van der Waals surface area (Å²) in [6, 6.07) is 18.4. The highest BCUT2D eigenvalue weighted by Crippen LogP contribution is 2.38. The molecular formula is C19H20ClN5. The summed E-state index contributed by atoms with van der Waals surface area (Å²) in [6.45, 7) is 2.56. The minimum atomic E-state index is -0.150. The lowest BCUT2D eigenvalue weighted by Gasteiger charge is -2.37. The average Bonchev–Trinajstić information content (AvgIpc) is 3.14. The fourth-order valence-corrected chi connectivity index (χ4v) is 3.79. The molecule has 1 saturated heterocycles. The van der Waals surface area contributed by atoms with Crippen molar-refractivity contribution in [1.82, 2.24) is 25.5 Å². The minimum Gasteiger partial charge on any atom is -0.317 e. The van der Waals surface area contributed by atoms with Crippen molar-refractivity contribution in [3.63, 3.8) is 0 Å². The Balaban J connectivity index is 1.74. The average molecular weight is 354 g/mol. The highest BCUT2D eigenvalue weighted by Gasteiger charge is 2.40. The molecule has 0 radical (unpaired) electrons. The van der Waals surface area contributed by atoms with Crippen molar-refractivity contribution < 1.29 is 0 Å². The number of piperidine rings is 1. The molecule has 4 rings (SSSR count). The molecule has 0 unspecified atom stereocenters. The third-order valence-corrected chi connectivity index (χ3v) is 5.24. The van der Waals surface area contributed by atoms with Gasteiger partial charge >= 0.3 is 0 Å². The molecule has 25 heavy (non-hydrogen) atoms. The van der Waals surface area contributed by atoms with Crippen LogP contribution in [0.4, 0.5) is 0 Å². The third kappa shape index (κ3) is 3.17. The van der Waals surface area contributed by atoms with Gasteiger partial charge in [-0.05, 0) is 59.6 Å². The zero-order valence-electron chi connectivity index (χ0n) is 13.9. The summed E-state index contributed by atoms with van der Waals surface area (Å²) in [6.07, 6.45) is 1.97. The van der Waals surface area contributed by atoms with E-state index in [2.05, 4.69) is 51.2 Å². The molecule has 0 spiro atoms. The zero-order chi connectivity index (χ0) is 17.1. The van der Waals surface area contributed by atoms with Crippen LogP contribution < -0.4 is 5.32 Å². The van der Waals surface area contributed by atoms with E-state index in [1.165, 1.54) is 5.56 Å². The van der Waals surface area contributed by atoms with Crippen molar-refractivity contribution in [1.29, 1.82) is 0 Å². The first-order valence-corrected chi connectivity index (χ1v) is 8.93. The number of nitrogens with one attached hydrogen (secondary N) is 1. The Kier molecular flexibility index (Phi) is 4.51. The van der Waals surface area contributed by atoms with Gasteiger partial charge in [0.1, 0.15) is 0 Å². The second kappa shape index (κ2) is 6.94. The Labute approximate surface area is 152 Å². The summed E-state index contributed by atoms with van der Waals surface area (Å²) in [5.41, 5.74) is 2.27. The van der Waals surface area contributed by atoms with E-state index in [4.69, 9.17) is 11.6 Å². The van der Waals surface area contributed by atoms with Crippen LogP contribution in [0.2, 0.25) is 5.02 Å². The van der Waals surface area contributed by atoms with Crippen LogP contribution in [-0.2, 0) is 12.0 Å². The molecule has 0 saturated carbocycles. The molecule has 6 heteroatoms. The summed E-state index contributed by atoms with van der Waals surface area (Å²) in [5.74, 6) is 0.940. The van der Waals surface area contributed by atoms with Crippen LogP contribution in [0.1, 0.15) is 29.8 Å². The fraction of sp³-hybridized carbons (Fsp3) is 0.316. The molecule has 0 bridgehead atoms. The van der Waals surface area contributed by atoms with E-state index < -0.39 is 0 Å². The topological polar surface area (TPSA) is 55.6 Å². The fourth-order valence-electron chi connectivity index (χ4n) is 3.67. The van der Waals surface area contributed by atoms with Gasteiger partial charge in [-0.3, -0.25) is 0 Å². The van der Waals surface area contributed by atoms with Gasteiger partial charge in [-0.25, -0.2) is 4.68 Å². The summed E-state index contributed by atoms with van der Waals surface area (Å²) in [7, 11) is 0. The highest BCUT2D eigenvalue weighted by molar-refractivity contribution is 6.30. The molecule has 1 aromatic heterocycles. The first-order chi connectivity index (χ1) is 12.3. The van der Waals surface area contributed by atoms with E-state index in [0.717, 1.165) is 42.3 Å². The van der Waals surface area contributed by atoms with Crippen LogP contribution in [-0.4, -0.2) is 33.3 Å². The smallest absolute Gasteiger partial charge is 0.162 e. The molecule has 1 fully saturated rings. The summed E-state index contributed by atoms with van der Waals surface area (Å²) < 4.78 is 1.93. The Morgan fingerprint density at radius 2 is 1.72 bits per heavy atom. The first-order valence-electron chi connectivity index (χ1n) is 8.55. The lowest BCUT2D eigenvalue weighted by molar-refractivity contribution is 0.332. The molecular weight excluding hydrogens is 334 g/mol. The Morgan fingerprint density at radius 3 is 2.44 bits per heavy atom. The quantitative estimate of drug-likeness (QED) is 0.783. The number of rotatable bonds is 4. The van der Waals surface area contributed by atoms with Crippen molar-refractivity contribution in [2.45, 2.75) is 24.8 Å². The summed E-state index contributed by atoms with van der Waals surface area (Å²) in [5, 5.41) is 16.9. The van der Waals surface area contributed by atoms with Crippen molar-refractivity contribution >= 4 is 11.6 Å². The van der Waals surface area contributed by atoms with Crippen LogP contribution in [0, 0.1) is 0 Å². The standard InChI is InChI=1S/C19H20ClN5/c20-17-8-6-15(7-9-17)14-25-18(22-23-24-25)19(10-12-21-13-11-19)16-4-2-1-3-5-16/h1-9,21H,10-14H2. The van der Waals surface area contributed by atoms with Gasteiger partial charge in [0.2, 0.25) is 0 Å². The molecule has 3 aromatic rings. The van der Waals surface area contributed by atoms with E-state index in [1.807, 2.05) is 28.9 Å². The van der Waals surface area contributed by atoms with Crippen LogP contribution >= 0.6 is 11.6 Å². The molecule has 2 heterocycles. The normalized spacial score (nSPS) is 16.7. The molecule has 5 nitrogen and oxygen atoms in total. The number of nitrogens with zero attached hydrogens (tertiary/aromatic N) is 4. The van der Waals surface area contributed by atoms with Crippen LogP contribution in [0.5, 0.6) is 0 Å². The summed E-state index contributed by atoms with van der Waals surface area (Å²) >= 11 is 5.99. The van der Waals surface area contributed by atoms with Gasteiger partial charge in [0.15, 0.2) is 5.82 Å². The maximum absolute atomic E-state index is 5.99.